The smallest absolute Gasteiger partial charge is 0.258 e. The van der Waals surface area contributed by atoms with E-state index in [1.54, 1.807) is 0 Å². The van der Waals surface area contributed by atoms with E-state index in [1.807, 2.05) is 26.0 Å². The molecule has 1 aromatic heterocycles. The number of aromatic nitrogens is 2. The summed E-state index contributed by atoms with van der Waals surface area (Å²) in [6.45, 7) is 6.09. The summed E-state index contributed by atoms with van der Waals surface area (Å²) in [5.74, 6) is 1.11. The molecule has 4 nitrogen and oxygen atoms in total. The van der Waals surface area contributed by atoms with Gasteiger partial charge in [-0.25, -0.2) is 0 Å². The summed E-state index contributed by atoms with van der Waals surface area (Å²) in [6.07, 6.45) is 0.797. The van der Waals surface area contributed by atoms with Crippen molar-refractivity contribution in [2.45, 2.75) is 33.2 Å². The van der Waals surface area contributed by atoms with Gasteiger partial charge >= 0.3 is 0 Å². The van der Waals surface area contributed by atoms with Crippen LogP contribution in [0.3, 0.4) is 0 Å². The number of nitrogens with two attached hydrogens (primary N) is 1. The molecule has 0 aliphatic rings. The van der Waals surface area contributed by atoms with Crippen LogP contribution in [0.15, 0.2) is 22.7 Å². The third kappa shape index (κ3) is 2.36. The van der Waals surface area contributed by atoms with E-state index in [2.05, 4.69) is 23.1 Å². The van der Waals surface area contributed by atoms with Gasteiger partial charge in [-0.15, -0.1) is 0 Å². The van der Waals surface area contributed by atoms with Crippen molar-refractivity contribution in [1.82, 2.24) is 10.1 Å². The van der Waals surface area contributed by atoms with Crippen LogP contribution in [0.4, 0.5) is 0 Å². The molecule has 0 fully saturated rings. The second-order valence-electron chi connectivity index (χ2n) is 4.29. The van der Waals surface area contributed by atoms with Gasteiger partial charge in [-0.1, -0.05) is 29.8 Å². The molecule has 1 unspecified atom stereocenters. The first kappa shape index (κ1) is 11.8. The van der Waals surface area contributed by atoms with Gasteiger partial charge < -0.3 is 10.3 Å². The zero-order valence-corrected chi connectivity index (χ0v) is 10.4. The quantitative estimate of drug-likeness (QED) is 0.882. The lowest BCUT2D eigenvalue weighted by Gasteiger charge is -2.02. The summed E-state index contributed by atoms with van der Waals surface area (Å²) >= 11 is 0. The van der Waals surface area contributed by atoms with Crippen molar-refractivity contribution in [1.29, 1.82) is 0 Å². The average Bonchev–Trinajstić information content (AvgIpc) is 2.77. The van der Waals surface area contributed by atoms with E-state index in [-0.39, 0.29) is 6.04 Å². The van der Waals surface area contributed by atoms with E-state index in [0.29, 0.717) is 11.7 Å². The Morgan fingerprint density at radius 3 is 2.76 bits per heavy atom. The zero-order chi connectivity index (χ0) is 12.4. The second kappa shape index (κ2) is 4.67. The van der Waals surface area contributed by atoms with Gasteiger partial charge in [0, 0.05) is 5.56 Å². The molecule has 1 aromatic carbocycles. The molecule has 17 heavy (non-hydrogen) atoms. The van der Waals surface area contributed by atoms with Gasteiger partial charge in [-0.2, -0.15) is 4.98 Å². The number of rotatable bonds is 3. The van der Waals surface area contributed by atoms with Crippen LogP contribution in [0.5, 0.6) is 0 Å². The molecule has 4 heteroatoms. The van der Waals surface area contributed by atoms with Crippen LogP contribution in [0.2, 0.25) is 0 Å². The Morgan fingerprint density at radius 2 is 2.12 bits per heavy atom. The summed E-state index contributed by atoms with van der Waals surface area (Å²) in [4.78, 5) is 4.34. The Bertz CT molecular complexity index is 519. The van der Waals surface area contributed by atoms with Crippen molar-refractivity contribution in [3.63, 3.8) is 0 Å². The van der Waals surface area contributed by atoms with Gasteiger partial charge in [0.2, 0.25) is 0 Å². The van der Waals surface area contributed by atoms with E-state index in [0.717, 1.165) is 17.5 Å². The highest BCUT2D eigenvalue weighted by atomic mass is 16.5. The van der Waals surface area contributed by atoms with Gasteiger partial charge in [-0.3, -0.25) is 0 Å². The number of hydrogen-bond acceptors (Lipinski definition) is 4. The van der Waals surface area contributed by atoms with Crippen LogP contribution in [0, 0.1) is 13.8 Å². The number of hydrogen-bond donors (Lipinski definition) is 1. The minimum Gasteiger partial charge on any atom is -0.334 e. The second-order valence-corrected chi connectivity index (χ2v) is 4.29. The van der Waals surface area contributed by atoms with Gasteiger partial charge in [0.15, 0.2) is 5.82 Å². The Kier molecular flexibility index (Phi) is 3.24. The van der Waals surface area contributed by atoms with Gasteiger partial charge in [-0.05, 0) is 31.9 Å². The van der Waals surface area contributed by atoms with Crippen molar-refractivity contribution in [2.75, 3.05) is 0 Å². The highest BCUT2D eigenvalue weighted by Gasteiger charge is 2.14. The summed E-state index contributed by atoms with van der Waals surface area (Å²) in [7, 11) is 0. The minimum absolute atomic E-state index is 0.154. The van der Waals surface area contributed by atoms with Crippen molar-refractivity contribution >= 4 is 0 Å². The molecule has 1 atom stereocenters. The molecule has 0 spiro atoms. The molecule has 0 amide bonds. The molecular weight excluding hydrogens is 214 g/mol. The SMILES string of the molecule is CCC(N)c1noc(-c2ccc(C)cc2C)n1. The first-order chi connectivity index (χ1) is 8.11. The summed E-state index contributed by atoms with van der Waals surface area (Å²) in [5.41, 5.74) is 9.18. The normalized spacial score (nSPS) is 12.7. The molecule has 2 N–H and O–H groups in total. The van der Waals surface area contributed by atoms with E-state index < -0.39 is 0 Å². The van der Waals surface area contributed by atoms with Crippen LogP contribution >= 0.6 is 0 Å². The lowest BCUT2D eigenvalue weighted by Crippen LogP contribution is -2.10. The average molecular weight is 231 g/mol. The third-order valence-electron chi connectivity index (χ3n) is 2.83. The van der Waals surface area contributed by atoms with E-state index in [9.17, 15) is 0 Å². The minimum atomic E-state index is -0.154. The van der Waals surface area contributed by atoms with E-state index in [1.165, 1.54) is 5.56 Å². The van der Waals surface area contributed by atoms with E-state index >= 15 is 0 Å². The van der Waals surface area contributed by atoms with E-state index in [4.69, 9.17) is 10.3 Å². The topological polar surface area (TPSA) is 64.9 Å². The monoisotopic (exact) mass is 231 g/mol. The predicted octanol–water partition coefficient (Wildman–Crippen LogP) is 2.76. The summed E-state index contributed by atoms with van der Waals surface area (Å²) in [6, 6.07) is 5.97. The number of aryl methyl sites for hydroxylation is 2. The number of benzene rings is 1. The van der Waals surface area contributed by atoms with Crippen molar-refractivity contribution in [3.8, 4) is 11.5 Å². The highest BCUT2D eigenvalue weighted by molar-refractivity contribution is 5.58. The molecule has 2 rings (SSSR count). The summed E-state index contributed by atoms with van der Waals surface area (Å²) in [5, 5.41) is 3.92. The third-order valence-corrected chi connectivity index (χ3v) is 2.83. The fourth-order valence-corrected chi connectivity index (χ4v) is 1.73. The van der Waals surface area contributed by atoms with Crippen LogP contribution in [-0.4, -0.2) is 10.1 Å². The predicted molar refractivity (Wildman–Crippen MR) is 66.4 cm³/mol. The fourth-order valence-electron chi connectivity index (χ4n) is 1.73. The Balaban J connectivity index is 2.37. The Morgan fingerprint density at radius 1 is 1.35 bits per heavy atom. The molecule has 0 saturated carbocycles. The lowest BCUT2D eigenvalue weighted by atomic mass is 10.1. The fraction of sp³-hybridized carbons (Fsp3) is 0.385. The molecule has 2 aromatic rings. The van der Waals surface area contributed by atoms with Crippen molar-refractivity contribution in [2.24, 2.45) is 5.73 Å². The maximum atomic E-state index is 5.86. The van der Waals surface area contributed by atoms with Crippen LogP contribution in [0.1, 0.15) is 36.3 Å². The standard InChI is InChI=1S/C13H17N3O/c1-4-11(14)12-15-13(17-16-12)10-6-5-8(2)7-9(10)3/h5-7,11H,4,14H2,1-3H3. The Hall–Kier alpha value is -1.68. The molecule has 0 saturated heterocycles. The number of nitrogens with zero attached hydrogens (tertiary/aromatic N) is 2. The maximum absolute atomic E-state index is 5.86. The van der Waals surface area contributed by atoms with Crippen LogP contribution in [-0.2, 0) is 0 Å². The molecule has 0 bridgehead atoms. The Labute approximate surface area is 101 Å². The van der Waals surface area contributed by atoms with Crippen molar-refractivity contribution in [3.05, 3.63) is 35.2 Å². The highest BCUT2D eigenvalue weighted by Crippen LogP contribution is 2.23. The maximum Gasteiger partial charge on any atom is 0.258 e. The lowest BCUT2D eigenvalue weighted by molar-refractivity contribution is 0.415. The van der Waals surface area contributed by atoms with Gasteiger partial charge in [0.05, 0.1) is 6.04 Å². The molecule has 0 radical (unpaired) electrons. The zero-order valence-electron chi connectivity index (χ0n) is 10.4. The molecule has 90 valence electrons. The van der Waals surface area contributed by atoms with Crippen LogP contribution in [0.25, 0.3) is 11.5 Å². The summed E-state index contributed by atoms with van der Waals surface area (Å²) < 4.78 is 5.25. The first-order valence-corrected chi connectivity index (χ1v) is 5.78. The molecule has 0 aliphatic carbocycles. The van der Waals surface area contributed by atoms with Crippen LogP contribution < -0.4 is 5.73 Å². The molecular formula is C13H17N3O. The largest absolute Gasteiger partial charge is 0.334 e. The van der Waals surface area contributed by atoms with Crippen molar-refractivity contribution < 1.29 is 4.52 Å². The molecule has 0 aliphatic heterocycles. The first-order valence-electron chi connectivity index (χ1n) is 5.78. The van der Waals surface area contributed by atoms with Gasteiger partial charge in [0.25, 0.3) is 5.89 Å². The van der Waals surface area contributed by atoms with Gasteiger partial charge in [0.1, 0.15) is 0 Å². The molecule has 1 heterocycles.